The first-order chi connectivity index (χ1) is 4.92. The molecule has 2 unspecified atom stereocenters. The maximum atomic E-state index is 12.3. The van der Waals surface area contributed by atoms with Crippen molar-refractivity contribution in [3.05, 3.63) is 0 Å². The molecule has 1 aliphatic rings. The van der Waals surface area contributed by atoms with Gasteiger partial charge < -0.3 is 0 Å². The summed E-state index contributed by atoms with van der Waals surface area (Å²) in [5, 5.41) is -3.32. The normalized spacial score (nSPS) is 36.5. The third-order valence-corrected chi connectivity index (χ3v) is 2.50. The first kappa shape index (κ1) is 9.09. The Morgan fingerprint density at radius 3 is 2.09 bits per heavy atom. The summed E-state index contributed by atoms with van der Waals surface area (Å²) in [6, 6.07) is 0. The Morgan fingerprint density at radius 1 is 1.36 bits per heavy atom. The van der Waals surface area contributed by atoms with Gasteiger partial charge in [0.25, 0.3) is 5.25 Å². The molecule has 0 amide bonds. The quantitative estimate of drug-likeness (QED) is 0.575. The van der Waals surface area contributed by atoms with E-state index in [0.29, 0.717) is 0 Å². The zero-order valence-electron chi connectivity index (χ0n) is 5.24. The summed E-state index contributed by atoms with van der Waals surface area (Å²) in [6.07, 6.45) is -4.05. The van der Waals surface area contributed by atoms with Crippen LogP contribution in [0.5, 0.6) is 0 Å². The number of alkyl halides is 5. The summed E-state index contributed by atoms with van der Waals surface area (Å²) in [5.74, 6) is -1.81. The number of hydrogen-bond donors (Lipinski definition) is 0. The minimum Gasteiger partial charge on any atom is -0.235 e. The minimum atomic E-state index is -3.32. The molecule has 0 nitrogen and oxygen atoms in total. The molecule has 0 aromatic heterocycles. The van der Waals surface area contributed by atoms with Crippen molar-refractivity contribution in [3.8, 4) is 0 Å². The van der Waals surface area contributed by atoms with Crippen molar-refractivity contribution in [3.63, 3.8) is 0 Å². The van der Waals surface area contributed by atoms with Gasteiger partial charge in [0.2, 0.25) is 6.43 Å². The van der Waals surface area contributed by atoms with Crippen LogP contribution < -0.4 is 0 Å². The van der Waals surface area contributed by atoms with Gasteiger partial charge in [-0.3, -0.25) is 0 Å². The van der Waals surface area contributed by atoms with Crippen molar-refractivity contribution in [2.75, 3.05) is 0 Å². The standard InChI is InChI=1S/C5H5F5S/c6-3(7)2-1-5(9,10)11-4(2)8/h2-4H,1H2. The number of rotatable bonds is 1. The lowest BCUT2D eigenvalue weighted by Crippen LogP contribution is -2.16. The summed E-state index contributed by atoms with van der Waals surface area (Å²) in [6.45, 7) is 0. The zero-order valence-corrected chi connectivity index (χ0v) is 6.05. The Bertz CT molecular complexity index is 148. The van der Waals surface area contributed by atoms with E-state index in [2.05, 4.69) is 0 Å². The summed E-state index contributed by atoms with van der Waals surface area (Å²) in [4.78, 5) is 0. The second-order valence-electron chi connectivity index (χ2n) is 2.31. The Kier molecular flexibility index (Phi) is 2.32. The van der Waals surface area contributed by atoms with Crippen LogP contribution in [0.15, 0.2) is 0 Å². The van der Waals surface area contributed by atoms with Crippen molar-refractivity contribution < 1.29 is 22.0 Å². The van der Waals surface area contributed by atoms with Gasteiger partial charge >= 0.3 is 0 Å². The van der Waals surface area contributed by atoms with Crippen molar-refractivity contribution >= 4 is 11.8 Å². The van der Waals surface area contributed by atoms with Gasteiger partial charge in [-0.15, -0.1) is 0 Å². The molecule has 0 aromatic carbocycles. The second-order valence-corrected chi connectivity index (χ2v) is 3.59. The van der Waals surface area contributed by atoms with Crippen LogP contribution in [-0.2, 0) is 0 Å². The van der Waals surface area contributed by atoms with E-state index in [1.165, 1.54) is 0 Å². The van der Waals surface area contributed by atoms with Crippen LogP contribution in [-0.4, -0.2) is 17.2 Å². The average molecular weight is 192 g/mol. The third-order valence-electron chi connectivity index (χ3n) is 1.42. The monoisotopic (exact) mass is 192 g/mol. The molecule has 2 atom stereocenters. The molecule has 1 rings (SSSR count). The minimum absolute atomic E-state index is 0.321. The molecule has 0 saturated carbocycles. The Labute approximate surface area is 64.1 Å². The van der Waals surface area contributed by atoms with E-state index >= 15 is 0 Å². The Hall–Kier alpha value is -0.0000000000000000555. The van der Waals surface area contributed by atoms with Crippen molar-refractivity contribution in [2.24, 2.45) is 5.92 Å². The van der Waals surface area contributed by atoms with Gasteiger partial charge in [-0.25, -0.2) is 13.2 Å². The molecule has 0 spiro atoms. The molecule has 6 heteroatoms. The van der Waals surface area contributed by atoms with Gasteiger partial charge in [0.15, 0.2) is 5.50 Å². The maximum Gasteiger partial charge on any atom is 0.297 e. The first-order valence-corrected chi connectivity index (χ1v) is 3.78. The molecule has 1 heterocycles. The summed E-state index contributed by atoms with van der Waals surface area (Å²) in [7, 11) is 0. The highest BCUT2D eigenvalue weighted by Gasteiger charge is 2.51. The molecule has 0 radical (unpaired) electrons. The van der Waals surface area contributed by atoms with Gasteiger partial charge in [0.1, 0.15) is 0 Å². The zero-order chi connectivity index (χ0) is 8.65. The van der Waals surface area contributed by atoms with E-state index in [9.17, 15) is 22.0 Å². The average Bonchev–Trinajstić information content (AvgIpc) is 2.05. The fourth-order valence-electron chi connectivity index (χ4n) is 0.871. The van der Waals surface area contributed by atoms with E-state index in [1.807, 2.05) is 0 Å². The van der Waals surface area contributed by atoms with E-state index in [4.69, 9.17) is 0 Å². The van der Waals surface area contributed by atoms with E-state index in [1.54, 1.807) is 0 Å². The van der Waals surface area contributed by atoms with Gasteiger partial charge in [-0.2, -0.15) is 8.78 Å². The number of halogens is 5. The summed E-state index contributed by atoms with van der Waals surface area (Å²) >= 11 is -0.321. The van der Waals surface area contributed by atoms with Crippen LogP contribution in [0.25, 0.3) is 0 Å². The smallest absolute Gasteiger partial charge is 0.235 e. The van der Waals surface area contributed by atoms with Gasteiger partial charge in [0, 0.05) is 6.42 Å². The van der Waals surface area contributed by atoms with Crippen molar-refractivity contribution in [1.29, 1.82) is 0 Å². The third kappa shape index (κ3) is 1.98. The topological polar surface area (TPSA) is 0 Å². The molecular formula is C5H5F5S. The highest BCUT2D eigenvalue weighted by atomic mass is 32.2. The number of hydrogen-bond acceptors (Lipinski definition) is 1. The van der Waals surface area contributed by atoms with Crippen LogP contribution in [0.1, 0.15) is 6.42 Å². The second kappa shape index (κ2) is 2.80. The molecule has 0 N–H and O–H groups in total. The van der Waals surface area contributed by atoms with Gasteiger partial charge in [-0.05, 0) is 0 Å². The van der Waals surface area contributed by atoms with E-state index < -0.39 is 29.5 Å². The molecule has 0 aromatic rings. The van der Waals surface area contributed by atoms with Crippen LogP contribution in [0, 0.1) is 5.92 Å². The fourth-order valence-corrected chi connectivity index (χ4v) is 1.88. The molecule has 1 fully saturated rings. The summed E-state index contributed by atoms with van der Waals surface area (Å²) in [5.41, 5.74) is -2.13. The SMILES string of the molecule is FC(F)C1CC(F)(F)SC1F. The number of thioether (sulfide) groups is 1. The van der Waals surface area contributed by atoms with Crippen molar-refractivity contribution in [1.82, 2.24) is 0 Å². The first-order valence-electron chi connectivity index (χ1n) is 2.90. The Balaban J connectivity index is 2.59. The predicted molar refractivity (Wildman–Crippen MR) is 31.5 cm³/mol. The molecule has 11 heavy (non-hydrogen) atoms. The Morgan fingerprint density at radius 2 is 1.91 bits per heavy atom. The highest BCUT2D eigenvalue weighted by molar-refractivity contribution is 8.01. The lowest BCUT2D eigenvalue weighted by Gasteiger charge is -2.07. The molecule has 0 bridgehead atoms. The lowest BCUT2D eigenvalue weighted by atomic mass is 10.1. The van der Waals surface area contributed by atoms with Crippen LogP contribution in [0.2, 0.25) is 0 Å². The van der Waals surface area contributed by atoms with E-state index in [0.717, 1.165) is 0 Å². The lowest BCUT2D eigenvalue weighted by molar-refractivity contribution is 0.0138. The molecule has 1 aliphatic heterocycles. The van der Waals surface area contributed by atoms with Crippen molar-refractivity contribution in [2.45, 2.75) is 23.6 Å². The van der Waals surface area contributed by atoms with Gasteiger partial charge in [0.05, 0.1) is 5.92 Å². The predicted octanol–water partition coefficient (Wildman–Crippen LogP) is 2.89. The molecule has 66 valence electrons. The largest absolute Gasteiger partial charge is 0.297 e. The highest BCUT2D eigenvalue weighted by Crippen LogP contribution is 2.51. The fraction of sp³-hybridized carbons (Fsp3) is 1.00. The van der Waals surface area contributed by atoms with E-state index in [-0.39, 0.29) is 11.8 Å². The van der Waals surface area contributed by atoms with Crippen LogP contribution in [0.4, 0.5) is 22.0 Å². The summed E-state index contributed by atoms with van der Waals surface area (Å²) < 4.78 is 60.2. The molecule has 0 aliphatic carbocycles. The van der Waals surface area contributed by atoms with Crippen LogP contribution in [0.3, 0.4) is 0 Å². The molecule has 1 saturated heterocycles. The maximum absolute atomic E-state index is 12.3. The van der Waals surface area contributed by atoms with Crippen LogP contribution >= 0.6 is 11.8 Å². The molecular weight excluding hydrogens is 187 g/mol. The van der Waals surface area contributed by atoms with Gasteiger partial charge in [-0.1, -0.05) is 11.8 Å².